The first-order chi connectivity index (χ1) is 12.2. The Morgan fingerprint density at radius 2 is 1.96 bits per heavy atom. The summed E-state index contributed by atoms with van der Waals surface area (Å²) in [6, 6.07) is 6.95. The Labute approximate surface area is 177 Å². The van der Waals surface area contributed by atoms with Gasteiger partial charge in [0.25, 0.3) is 0 Å². The summed E-state index contributed by atoms with van der Waals surface area (Å²) < 4.78 is 18.8. The Balaban J connectivity index is 0.00000338. The molecular formula is C18H30FIN4OS. The van der Waals surface area contributed by atoms with Crippen molar-refractivity contribution in [3.05, 3.63) is 35.6 Å². The fraction of sp³-hybridized carbons (Fsp3) is 0.611. The predicted octanol–water partition coefficient (Wildman–Crippen LogP) is 2.74. The minimum Gasteiger partial charge on any atom is -0.379 e. The minimum atomic E-state index is -0.205. The number of hydrogen-bond donors (Lipinski definition) is 2. The molecule has 0 aliphatic carbocycles. The van der Waals surface area contributed by atoms with Crippen LogP contribution in [0.2, 0.25) is 0 Å². The Morgan fingerprint density at radius 1 is 1.27 bits per heavy atom. The van der Waals surface area contributed by atoms with Crippen LogP contribution in [0.5, 0.6) is 0 Å². The van der Waals surface area contributed by atoms with Gasteiger partial charge in [0.05, 0.1) is 19.3 Å². The summed E-state index contributed by atoms with van der Waals surface area (Å²) >= 11 is 1.85. The normalized spacial score (nSPS) is 16.7. The van der Waals surface area contributed by atoms with E-state index in [0.29, 0.717) is 6.54 Å². The number of morpholine rings is 1. The highest BCUT2D eigenvalue weighted by atomic mass is 127. The van der Waals surface area contributed by atoms with E-state index in [1.54, 1.807) is 7.05 Å². The first kappa shape index (κ1) is 23.5. The molecule has 1 fully saturated rings. The van der Waals surface area contributed by atoms with Gasteiger partial charge in [0.1, 0.15) is 5.82 Å². The van der Waals surface area contributed by atoms with Gasteiger partial charge >= 0.3 is 0 Å². The maximum atomic E-state index is 13.3. The fourth-order valence-corrected chi connectivity index (χ4v) is 3.30. The molecule has 148 valence electrons. The van der Waals surface area contributed by atoms with E-state index in [-0.39, 0.29) is 35.8 Å². The quantitative estimate of drug-likeness (QED) is 0.251. The molecule has 1 aromatic carbocycles. The molecule has 1 atom stereocenters. The van der Waals surface area contributed by atoms with Gasteiger partial charge in [-0.3, -0.25) is 9.89 Å². The van der Waals surface area contributed by atoms with Gasteiger partial charge in [0.15, 0.2) is 5.96 Å². The number of nitrogens with one attached hydrogen (secondary N) is 2. The molecule has 1 aliphatic heterocycles. The number of guanidine groups is 1. The molecule has 0 bridgehead atoms. The average molecular weight is 496 g/mol. The Bertz CT molecular complexity index is 526. The van der Waals surface area contributed by atoms with Crippen LogP contribution >= 0.6 is 35.7 Å². The second-order valence-corrected chi connectivity index (χ2v) is 6.93. The summed E-state index contributed by atoms with van der Waals surface area (Å²) in [5.41, 5.74) is 1.11. The Kier molecular flexibility index (Phi) is 12.2. The highest BCUT2D eigenvalue weighted by molar-refractivity contribution is 14.0. The molecule has 0 amide bonds. The van der Waals surface area contributed by atoms with Crippen molar-refractivity contribution in [3.63, 3.8) is 0 Å². The first-order valence-corrected chi connectivity index (χ1v) is 10.1. The van der Waals surface area contributed by atoms with E-state index in [1.165, 1.54) is 12.1 Å². The van der Waals surface area contributed by atoms with Crippen LogP contribution < -0.4 is 10.6 Å². The monoisotopic (exact) mass is 496 g/mol. The van der Waals surface area contributed by atoms with E-state index in [1.807, 2.05) is 23.9 Å². The fourth-order valence-electron chi connectivity index (χ4n) is 2.87. The van der Waals surface area contributed by atoms with E-state index in [9.17, 15) is 4.39 Å². The van der Waals surface area contributed by atoms with Crippen LogP contribution in [0.25, 0.3) is 0 Å². The highest BCUT2D eigenvalue weighted by Gasteiger charge is 2.22. The molecule has 26 heavy (non-hydrogen) atoms. The topological polar surface area (TPSA) is 48.9 Å². The van der Waals surface area contributed by atoms with Crippen molar-refractivity contribution in [2.75, 3.05) is 58.4 Å². The molecule has 0 radical (unpaired) electrons. The third-order valence-corrected chi connectivity index (χ3v) is 4.94. The van der Waals surface area contributed by atoms with Gasteiger partial charge in [-0.05, 0) is 36.1 Å². The number of thioether (sulfide) groups is 1. The van der Waals surface area contributed by atoms with Crippen LogP contribution in [0.4, 0.5) is 4.39 Å². The van der Waals surface area contributed by atoms with Crippen LogP contribution in [0.15, 0.2) is 29.3 Å². The molecule has 0 saturated carbocycles. The van der Waals surface area contributed by atoms with Gasteiger partial charge in [-0.15, -0.1) is 24.0 Å². The zero-order valence-corrected chi connectivity index (χ0v) is 18.7. The lowest BCUT2D eigenvalue weighted by Crippen LogP contribution is -2.46. The zero-order valence-electron chi connectivity index (χ0n) is 15.5. The van der Waals surface area contributed by atoms with Gasteiger partial charge in [-0.2, -0.15) is 11.8 Å². The van der Waals surface area contributed by atoms with E-state index < -0.39 is 0 Å². The van der Waals surface area contributed by atoms with E-state index in [4.69, 9.17) is 4.74 Å². The van der Waals surface area contributed by atoms with Gasteiger partial charge in [0.2, 0.25) is 0 Å². The smallest absolute Gasteiger partial charge is 0.191 e. The summed E-state index contributed by atoms with van der Waals surface area (Å²) in [6.07, 6.45) is 3.22. The summed E-state index contributed by atoms with van der Waals surface area (Å²) in [5.74, 6) is 1.74. The summed E-state index contributed by atoms with van der Waals surface area (Å²) in [7, 11) is 1.78. The number of rotatable bonds is 8. The Hall–Kier alpha value is -0.580. The number of ether oxygens (including phenoxy) is 1. The van der Waals surface area contributed by atoms with Gasteiger partial charge in [-0.1, -0.05) is 12.1 Å². The zero-order chi connectivity index (χ0) is 17.9. The highest BCUT2D eigenvalue weighted by Crippen LogP contribution is 2.21. The molecule has 1 unspecified atom stereocenters. The van der Waals surface area contributed by atoms with Crippen molar-refractivity contribution in [1.29, 1.82) is 0 Å². The largest absolute Gasteiger partial charge is 0.379 e. The molecule has 1 saturated heterocycles. The van der Waals surface area contributed by atoms with Gasteiger partial charge in [-0.25, -0.2) is 4.39 Å². The SMILES string of the molecule is CN=C(NCCCSC)NCC(c1ccc(F)cc1)N1CCOCC1.I. The van der Waals surface area contributed by atoms with E-state index in [2.05, 4.69) is 26.8 Å². The molecule has 8 heteroatoms. The van der Waals surface area contributed by atoms with Crippen LogP contribution in [0.3, 0.4) is 0 Å². The summed E-state index contributed by atoms with van der Waals surface area (Å²) in [4.78, 5) is 6.67. The van der Waals surface area contributed by atoms with Crippen molar-refractivity contribution in [2.24, 2.45) is 4.99 Å². The lowest BCUT2D eigenvalue weighted by atomic mass is 10.0. The van der Waals surface area contributed by atoms with Crippen molar-refractivity contribution in [3.8, 4) is 0 Å². The van der Waals surface area contributed by atoms with Crippen molar-refractivity contribution >= 4 is 41.7 Å². The number of hydrogen-bond acceptors (Lipinski definition) is 4. The summed E-state index contributed by atoms with van der Waals surface area (Å²) in [6.45, 7) is 4.85. The lowest BCUT2D eigenvalue weighted by Gasteiger charge is -2.35. The van der Waals surface area contributed by atoms with Crippen LogP contribution in [0, 0.1) is 5.82 Å². The molecule has 2 rings (SSSR count). The van der Waals surface area contributed by atoms with Crippen LogP contribution in [-0.2, 0) is 4.74 Å². The third-order valence-electron chi connectivity index (χ3n) is 4.25. The molecule has 1 aromatic rings. The average Bonchev–Trinajstić information content (AvgIpc) is 2.66. The number of nitrogens with zero attached hydrogens (tertiary/aromatic N) is 2. The molecule has 1 heterocycles. The second kappa shape index (κ2) is 13.6. The van der Waals surface area contributed by atoms with Gasteiger partial charge < -0.3 is 15.4 Å². The first-order valence-electron chi connectivity index (χ1n) is 8.75. The van der Waals surface area contributed by atoms with Gasteiger partial charge in [0, 0.05) is 33.2 Å². The Morgan fingerprint density at radius 3 is 2.58 bits per heavy atom. The van der Waals surface area contributed by atoms with E-state index >= 15 is 0 Å². The van der Waals surface area contributed by atoms with E-state index in [0.717, 1.165) is 56.5 Å². The van der Waals surface area contributed by atoms with Crippen molar-refractivity contribution < 1.29 is 9.13 Å². The standard InChI is InChI=1S/C18H29FN4OS.HI/c1-20-18(21-8-3-13-25-2)22-14-17(23-9-11-24-12-10-23)15-4-6-16(19)7-5-15;/h4-7,17H,3,8-14H2,1-2H3,(H2,20,21,22);1H. The summed E-state index contributed by atoms with van der Waals surface area (Å²) in [5, 5.41) is 6.76. The molecule has 0 aromatic heterocycles. The molecule has 0 spiro atoms. The van der Waals surface area contributed by atoms with Crippen LogP contribution in [-0.4, -0.2) is 69.3 Å². The number of aliphatic imine (C=N–C) groups is 1. The van der Waals surface area contributed by atoms with Crippen molar-refractivity contribution in [2.45, 2.75) is 12.5 Å². The van der Waals surface area contributed by atoms with Crippen LogP contribution in [0.1, 0.15) is 18.0 Å². The third kappa shape index (κ3) is 7.98. The van der Waals surface area contributed by atoms with Crippen molar-refractivity contribution in [1.82, 2.24) is 15.5 Å². The lowest BCUT2D eigenvalue weighted by molar-refractivity contribution is 0.0170. The second-order valence-electron chi connectivity index (χ2n) is 5.94. The maximum Gasteiger partial charge on any atom is 0.191 e. The molecule has 5 nitrogen and oxygen atoms in total. The number of benzene rings is 1. The molecule has 1 aliphatic rings. The molecular weight excluding hydrogens is 466 g/mol. The number of halogens is 2. The minimum absolute atomic E-state index is 0. The maximum absolute atomic E-state index is 13.3. The molecule has 2 N–H and O–H groups in total. The predicted molar refractivity (Wildman–Crippen MR) is 119 cm³/mol.